The van der Waals surface area contributed by atoms with Crippen molar-refractivity contribution < 1.29 is 4.79 Å². The summed E-state index contributed by atoms with van der Waals surface area (Å²) in [5.74, 6) is 0.585. The molecule has 1 aliphatic rings. The molecule has 0 bridgehead atoms. The minimum Gasteiger partial charge on any atom is -0.293 e. The normalized spacial score (nSPS) is 14.6. The average Bonchev–Trinajstić information content (AvgIpc) is 2.38. The molecule has 70 valence electrons. The van der Waals surface area contributed by atoms with Crippen molar-refractivity contribution in [2.24, 2.45) is 0 Å². The van der Waals surface area contributed by atoms with Crippen LogP contribution in [0.25, 0.3) is 0 Å². The molecule has 13 heavy (non-hydrogen) atoms. The SMILES string of the molecule is C=CCN1C(=O)CSC1=S.N=C=S. The van der Waals surface area contributed by atoms with E-state index >= 15 is 0 Å². The highest BCUT2D eigenvalue weighted by molar-refractivity contribution is 8.23. The standard InChI is InChI=1S/C6H7NOS2.CHNS/c1-2-3-7-5(8)4-10-6(7)9;2-1-3/h2H,1,3-4H2;2H. The molecule has 1 saturated heterocycles. The Balaban J connectivity index is 0.000000424. The minimum absolute atomic E-state index is 0.0925. The van der Waals surface area contributed by atoms with Gasteiger partial charge < -0.3 is 0 Å². The molecule has 3 nitrogen and oxygen atoms in total. The molecular formula is C7H8N2OS3. The molecule has 1 aliphatic heterocycles. The highest BCUT2D eigenvalue weighted by atomic mass is 32.2. The van der Waals surface area contributed by atoms with Gasteiger partial charge in [0.15, 0.2) is 0 Å². The Kier molecular flexibility index (Phi) is 6.62. The number of amides is 1. The van der Waals surface area contributed by atoms with Crippen LogP contribution in [0.2, 0.25) is 0 Å². The van der Waals surface area contributed by atoms with Crippen molar-refractivity contribution in [1.29, 1.82) is 5.41 Å². The van der Waals surface area contributed by atoms with Crippen LogP contribution >= 0.6 is 36.2 Å². The Morgan fingerprint density at radius 2 is 2.38 bits per heavy atom. The molecule has 1 amide bonds. The fourth-order valence-electron chi connectivity index (χ4n) is 0.687. The zero-order valence-electron chi connectivity index (χ0n) is 6.78. The van der Waals surface area contributed by atoms with Crippen LogP contribution in [0.4, 0.5) is 0 Å². The van der Waals surface area contributed by atoms with Gasteiger partial charge in [0.05, 0.1) is 10.9 Å². The number of isothiocyanates is 1. The highest BCUT2D eigenvalue weighted by Crippen LogP contribution is 2.18. The van der Waals surface area contributed by atoms with Gasteiger partial charge in [-0.15, -0.1) is 6.58 Å². The average molecular weight is 232 g/mol. The first-order valence-electron chi connectivity index (χ1n) is 3.29. The first kappa shape index (κ1) is 12.4. The fourth-order valence-corrected chi connectivity index (χ4v) is 1.77. The molecule has 1 rings (SSSR count). The van der Waals surface area contributed by atoms with Gasteiger partial charge in [-0.2, -0.15) is 0 Å². The van der Waals surface area contributed by atoms with Gasteiger partial charge in [-0.1, -0.05) is 30.1 Å². The van der Waals surface area contributed by atoms with Crippen LogP contribution in [0.1, 0.15) is 0 Å². The van der Waals surface area contributed by atoms with Gasteiger partial charge in [-0.3, -0.25) is 9.69 Å². The number of carbonyl (C=O) groups excluding carboxylic acids is 1. The van der Waals surface area contributed by atoms with Crippen molar-refractivity contribution in [3.05, 3.63) is 12.7 Å². The van der Waals surface area contributed by atoms with Crippen LogP contribution in [0.3, 0.4) is 0 Å². The van der Waals surface area contributed by atoms with Gasteiger partial charge in [-0.05, 0) is 12.2 Å². The summed E-state index contributed by atoms with van der Waals surface area (Å²) < 4.78 is 0.671. The number of hydrogen-bond acceptors (Lipinski definition) is 5. The molecule has 0 aliphatic carbocycles. The molecule has 0 aromatic rings. The number of carbonyl (C=O) groups is 1. The Bertz CT molecular complexity index is 242. The molecule has 1 heterocycles. The maximum absolute atomic E-state index is 10.9. The van der Waals surface area contributed by atoms with E-state index in [2.05, 4.69) is 18.8 Å². The molecule has 0 radical (unpaired) electrons. The van der Waals surface area contributed by atoms with Crippen molar-refractivity contribution in [1.82, 2.24) is 4.90 Å². The second kappa shape index (κ2) is 6.91. The number of hydrogen-bond donors (Lipinski definition) is 1. The summed E-state index contributed by atoms with van der Waals surface area (Å²) in [6.07, 6.45) is 1.68. The van der Waals surface area contributed by atoms with Crippen LogP contribution < -0.4 is 0 Å². The monoisotopic (exact) mass is 232 g/mol. The maximum Gasteiger partial charge on any atom is 0.238 e. The number of nitrogens with zero attached hydrogens (tertiary/aromatic N) is 1. The summed E-state index contributed by atoms with van der Waals surface area (Å²) in [5.41, 5.74) is 0. The van der Waals surface area contributed by atoms with Crippen molar-refractivity contribution >= 4 is 51.6 Å². The van der Waals surface area contributed by atoms with Gasteiger partial charge in [0.25, 0.3) is 0 Å². The predicted octanol–water partition coefficient (Wildman–Crippen LogP) is 1.70. The molecule has 0 saturated carbocycles. The summed E-state index contributed by atoms with van der Waals surface area (Å²) in [4.78, 5) is 12.5. The molecule has 0 atom stereocenters. The van der Waals surface area contributed by atoms with Crippen molar-refractivity contribution in [3.8, 4) is 0 Å². The number of thiocarbonyl (C=S) groups is 2. The zero-order valence-corrected chi connectivity index (χ0v) is 9.23. The molecule has 0 unspecified atom stereocenters. The topological polar surface area (TPSA) is 44.2 Å². The van der Waals surface area contributed by atoms with Gasteiger partial charge in [-0.25, -0.2) is 5.41 Å². The molecule has 1 fully saturated rings. The summed E-state index contributed by atoms with van der Waals surface area (Å²) in [7, 11) is 0. The Morgan fingerprint density at radius 3 is 2.69 bits per heavy atom. The lowest BCUT2D eigenvalue weighted by Gasteiger charge is -2.10. The lowest BCUT2D eigenvalue weighted by Crippen LogP contribution is -2.28. The van der Waals surface area contributed by atoms with E-state index in [1.54, 1.807) is 16.1 Å². The van der Waals surface area contributed by atoms with Crippen LogP contribution in [0.5, 0.6) is 0 Å². The van der Waals surface area contributed by atoms with Gasteiger partial charge in [0.2, 0.25) is 5.91 Å². The van der Waals surface area contributed by atoms with Gasteiger partial charge >= 0.3 is 0 Å². The van der Waals surface area contributed by atoms with Crippen molar-refractivity contribution in [2.75, 3.05) is 12.3 Å². The Labute approximate surface area is 91.7 Å². The first-order chi connectivity index (χ1) is 6.17. The number of rotatable bonds is 2. The van der Waals surface area contributed by atoms with Crippen LogP contribution in [0, 0.1) is 5.41 Å². The van der Waals surface area contributed by atoms with Crippen molar-refractivity contribution in [2.45, 2.75) is 0 Å². The number of nitrogens with one attached hydrogen (secondary N) is 1. The van der Waals surface area contributed by atoms with Crippen LogP contribution in [-0.4, -0.2) is 32.6 Å². The quantitative estimate of drug-likeness (QED) is 0.447. The van der Waals surface area contributed by atoms with E-state index < -0.39 is 0 Å². The van der Waals surface area contributed by atoms with E-state index in [0.717, 1.165) is 0 Å². The first-order valence-corrected chi connectivity index (χ1v) is 5.09. The summed E-state index contributed by atoms with van der Waals surface area (Å²) in [5, 5.41) is 7.36. The van der Waals surface area contributed by atoms with E-state index in [4.69, 9.17) is 17.6 Å². The second-order valence-electron chi connectivity index (χ2n) is 1.95. The lowest BCUT2D eigenvalue weighted by molar-refractivity contribution is -0.123. The van der Waals surface area contributed by atoms with Crippen LogP contribution in [-0.2, 0) is 4.79 Å². The molecule has 6 heteroatoms. The van der Waals surface area contributed by atoms with Crippen LogP contribution in [0.15, 0.2) is 12.7 Å². The largest absolute Gasteiger partial charge is 0.293 e. The smallest absolute Gasteiger partial charge is 0.238 e. The third-order valence-electron chi connectivity index (χ3n) is 1.15. The fraction of sp³-hybridized carbons (Fsp3) is 0.286. The Hall–Kier alpha value is -0.550. The molecule has 0 spiro atoms. The van der Waals surface area contributed by atoms with E-state index in [1.807, 2.05) is 0 Å². The number of thioether (sulfide) groups is 1. The minimum atomic E-state index is 0.0925. The summed E-state index contributed by atoms with van der Waals surface area (Å²) in [6, 6.07) is 0. The molecule has 1 N–H and O–H groups in total. The summed E-state index contributed by atoms with van der Waals surface area (Å²) in [6.45, 7) is 4.08. The Morgan fingerprint density at radius 1 is 1.85 bits per heavy atom. The third kappa shape index (κ3) is 4.28. The molecular weight excluding hydrogens is 224 g/mol. The van der Waals surface area contributed by atoms with E-state index in [0.29, 0.717) is 16.6 Å². The third-order valence-corrected chi connectivity index (χ3v) is 2.58. The van der Waals surface area contributed by atoms with E-state index in [1.165, 1.54) is 11.8 Å². The lowest BCUT2D eigenvalue weighted by atomic mass is 10.5. The molecule has 0 aromatic heterocycles. The second-order valence-corrected chi connectivity index (χ2v) is 3.76. The zero-order chi connectivity index (χ0) is 10.3. The predicted molar refractivity (Wildman–Crippen MR) is 62.3 cm³/mol. The van der Waals surface area contributed by atoms with E-state index in [9.17, 15) is 4.79 Å². The van der Waals surface area contributed by atoms with Crippen molar-refractivity contribution in [3.63, 3.8) is 0 Å². The molecule has 0 aromatic carbocycles. The highest BCUT2D eigenvalue weighted by Gasteiger charge is 2.24. The summed E-state index contributed by atoms with van der Waals surface area (Å²) >= 11 is 10.1. The van der Waals surface area contributed by atoms with E-state index in [-0.39, 0.29) is 5.91 Å². The van der Waals surface area contributed by atoms with Gasteiger partial charge in [0.1, 0.15) is 4.32 Å². The maximum atomic E-state index is 10.9. The van der Waals surface area contributed by atoms with Gasteiger partial charge in [0, 0.05) is 6.54 Å².